The van der Waals surface area contributed by atoms with Crippen LogP contribution in [0.25, 0.3) is 0 Å². The smallest absolute Gasteiger partial charge is 0.277 e. The third-order valence-electron chi connectivity index (χ3n) is 4.43. The van der Waals surface area contributed by atoms with Gasteiger partial charge < -0.3 is 10.4 Å². The van der Waals surface area contributed by atoms with Gasteiger partial charge in [-0.05, 0) is 31.0 Å². The number of hydrogen-bond acceptors (Lipinski definition) is 6. The number of nitrogens with one attached hydrogen (secondary N) is 2. The number of anilines is 1. The number of carbonyl (C=O) groups is 2. The van der Waals surface area contributed by atoms with E-state index in [1.54, 1.807) is 12.1 Å². The van der Waals surface area contributed by atoms with E-state index < -0.39 is 21.8 Å². The highest BCUT2D eigenvalue weighted by molar-refractivity contribution is 7.89. The normalized spacial score (nSPS) is 18.5. The van der Waals surface area contributed by atoms with Crippen LogP contribution in [0.4, 0.5) is 5.69 Å². The molecule has 26 heavy (non-hydrogen) atoms. The maximum absolute atomic E-state index is 12.5. The summed E-state index contributed by atoms with van der Waals surface area (Å²) in [6.45, 7) is -0.405. The minimum absolute atomic E-state index is 0.0413. The average molecular weight is 379 g/mol. The van der Waals surface area contributed by atoms with Crippen LogP contribution in [0.15, 0.2) is 40.9 Å². The lowest BCUT2D eigenvalue weighted by atomic mass is 10.3. The number of β-amino-alcohol motifs (C(OH)–C–C–N with tert-alkyl or cyclic N) is 1. The first-order valence-corrected chi connectivity index (χ1v) is 9.97. The Hall–Kier alpha value is -2.23. The fourth-order valence-electron chi connectivity index (χ4n) is 3.14. The Morgan fingerprint density at radius 3 is 2.62 bits per heavy atom. The molecule has 1 aliphatic carbocycles. The number of nitrogens with zero attached hydrogens (tertiary/aromatic N) is 1. The Morgan fingerprint density at radius 2 is 1.92 bits per heavy atom. The van der Waals surface area contributed by atoms with Crippen molar-refractivity contribution in [2.75, 3.05) is 18.5 Å². The molecule has 1 fully saturated rings. The van der Waals surface area contributed by atoms with E-state index in [1.165, 1.54) is 12.1 Å². The molecule has 3 rings (SSSR count). The zero-order chi connectivity index (χ0) is 18.7. The summed E-state index contributed by atoms with van der Waals surface area (Å²) >= 11 is 0. The van der Waals surface area contributed by atoms with Crippen molar-refractivity contribution < 1.29 is 23.1 Å². The van der Waals surface area contributed by atoms with Crippen LogP contribution in [0.3, 0.4) is 0 Å². The number of carbonyl (C=O) groups excluding carboxylic acids is 2. The van der Waals surface area contributed by atoms with Gasteiger partial charge in [0.05, 0.1) is 18.0 Å². The van der Waals surface area contributed by atoms with Crippen molar-refractivity contribution in [1.82, 2.24) is 9.62 Å². The van der Waals surface area contributed by atoms with E-state index in [4.69, 9.17) is 5.11 Å². The molecular formula is C17H21N3O5S. The fourth-order valence-corrected chi connectivity index (χ4v) is 4.49. The zero-order valence-corrected chi connectivity index (χ0v) is 15.0. The lowest BCUT2D eigenvalue weighted by Crippen LogP contribution is -2.34. The van der Waals surface area contributed by atoms with Crippen molar-refractivity contribution in [2.24, 2.45) is 0 Å². The predicted octanol–water partition coefficient (Wildman–Crippen LogP) is 0.564. The van der Waals surface area contributed by atoms with Crippen molar-refractivity contribution in [3.05, 3.63) is 36.0 Å². The molecule has 1 heterocycles. The molecular weight excluding hydrogens is 358 g/mol. The van der Waals surface area contributed by atoms with Gasteiger partial charge in [-0.2, -0.15) is 0 Å². The van der Waals surface area contributed by atoms with E-state index in [0.717, 1.165) is 36.7 Å². The van der Waals surface area contributed by atoms with Gasteiger partial charge >= 0.3 is 0 Å². The monoisotopic (exact) mass is 379 g/mol. The SMILES string of the molecule is O=C1C=C(Nc2cccc(S(=O)(=O)NC3CCCC3)c2)C(=O)N1CCO. The standard InChI is InChI=1S/C17H21N3O5S/c21-9-8-20-16(22)11-15(17(20)23)18-13-6-3-7-14(10-13)26(24,25)19-12-4-1-2-5-12/h3,6-7,10-12,18-19,21H,1-2,4-5,8-9H2. The molecule has 3 N–H and O–H groups in total. The lowest BCUT2D eigenvalue weighted by molar-refractivity contribution is -0.137. The second-order valence-electron chi connectivity index (χ2n) is 6.33. The summed E-state index contributed by atoms with van der Waals surface area (Å²) in [5.41, 5.74) is 0.430. The summed E-state index contributed by atoms with van der Waals surface area (Å²) in [6, 6.07) is 6.04. The van der Waals surface area contributed by atoms with Crippen LogP contribution >= 0.6 is 0 Å². The van der Waals surface area contributed by atoms with E-state index in [0.29, 0.717) is 5.69 Å². The maximum Gasteiger partial charge on any atom is 0.277 e. The molecule has 0 aromatic heterocycles. The molecule has 0 bridgehead atoms. The number of aliphatic hydroxyl groups is 1. The van der Waals surface area contributed by atoms with Crippen molar-refractivity contribution in [1.29, 1.82) is 0 Å². The number of hydrogen-bond donors (Lipinski definition) is 3. The molecule has 1 aliphatic heterocycles. The minimum atomic E-state index is -3.65. The van der Waals surface area contributed by atoms with Crippen LogP contribution in [0, 0.1) is 0 Å². The number of amides is 2. The summed E-state index contributed by atoms with van der Waals surface area (Å²) in [5, 5.41) is 11.7. The molecule has 9 heteroatoms. The van der Waals surface area contributed by atoms with Gasteiger partial charge in [0.15, 0.2) is 0 Å². The zero-order valence-electron chi connectivity index (χ0n) is 14.1. The predicted molar refractivity (Wildman–Crippen MR) is 94.5 cm³/mol. The van der Waals surface area contributed by atoms with E-state index in [2.05, 4.69) is 10.0 Å². The van der Waals surface area contributed by atoms with Crippen LogP contribution < -0.4 is 10.0 Å². The molecule has 1 saturated carbocycles. The third kappa shape index (κ3) is 3.95. The van der Waals surface area contributed by atoms with Gasteiger partial charge in [-0.1, -0.05) is 18.9 Å². The first kappa shape index (κ1) is 18.6. The van der Waals surface area contributed by atoms with Crippen molar-refractivity contribution in [3.63, 3.8) is 0 Å². The number of imide groups is 1. The van der Waals surface area contributed by atoms with Gasteiger partial charge in [-0.25, -0.2) is 13.1 Å². The Balaban J connectivity index is 1.74. The molecule has 2 amide bonds. The molecule has 0 spiro atoms. The van der Waals surface area contributed by atoms with Crippen LogP contribution in [0.5, 0.6) is 0 Å². The quantitative estimate of drug-likeness (QED) is 0.597. The van der Waals surface area contributed by atoms with Gasteiger partial charge in [-0.3, -0.25) is 14.5 Å². The molecule has 0 unspecified atom stereocenters. The highest BCUT2D eigenvalue weighted by Crippen LogP contribution is 2.23. The van der Waals surface area contributed by atoms with E-state index in [-0.39, 0.29) is 29.8 Å². The van der Waals surface area contributed by atoms with E-state index in [1.807, 2.05) is 0 Å². The number of sulfonamides is 1. The molecule has 0 saturated heterocycles. The van der Waals surface area contributed by atoms with Gasteiger partial charge in [0.2, 0.25) is 10.0 Å². The highest BCUT2D eigenvalue weighted by Gasteiger charge is 2.31. The number of aliphatic hydroxyl groups excluding tert-OH is 1. The van der Waals surface area contributed by atoms with Crippen LogP contribution in [-0.4, -0.2) is 49.4 Å². The Morgan fingerprint density at radius 1 is 1.19 bits per heavy atom. The summed E-state index contributed by atoms with van der Waals surface area (Å²) in [7, 11) is -3.65. The Bertz CT molecular complexity index is 844. The van der Waals surface area contributed by atoms with Crippen molar-refractivity contribution in [3.8, 4) is 0 Å². The molecule has 2 aliphatic rings. The summed E-state index contributed by atoms with van der Waals surface area (Å²) in [5.74, 6) is -1.07. The Labute approximate surface area is 151 Å². The number of benzene rings is 1. The average Bonchev–Trinajstić information content (AvgIpc) is 3.19. The van der Waals surface area contributed by atoms with Gasteiger partial charge in [0.1, 0.15) is 5.70 Å². The van der Waals surface area contributed by atoms with E-state index >= 15 is 0 Å². The Kier molecular flexibility index (Phi) is 5.40. The van der Waals surface area contributed by atoms with Crippen molar-refractivity contribution >= 4 is 27.5 Å². The van der Waals surface area contributed by atoms with E-state index in [9.17, 15) is 18.0 Å². The molecule has 0 atom stereocenters. The summed E-state index contributed by atoms with van der Waals surface area (Å²) < 4.78 is 27.7. The molecule has 0 radical (unpaired) electrons. The van der Waals surface area contributed by atoms with Gasteiger partial charge in [0.25, 0.3) is 11.8 Å². The molecule has 8 nitrogen and oxygen atoms in total. The van der Waals surface area contributed by atoms with Crippen molar-refractivity contribution in [2.45, 2.75) is 36.6 Å². The third-order valence-corrected chi connectivity index (χ3v) is 5.95. The summed E-state index contributed by atoms with van der Waals surface area (Å²) in [6.07, 6.45) is 4.84. The van der Waals surface area contributed by atoms with Crippen LogP contribution in [-0.2, 0) is 19.6 Å². The topological polar surface area (TPSA) is 116 Å². The van der Waals surface area contributed by atoms with Gasteiger partial charge in [-0.15, -0.1) is 0 Å². The highest BCUT2D eigenvalue weighted by atomic mass is 32.2. The van der Waals surface area contributed by atoms with Crippen LogP contribution in [0.1, 0.15) is 25.7 Å². The first-order valence-electron chi connectivity index (χ1n) is 8.48. The lowest BCUT2D eigenvalue weighted by Gasteiger charge is -2.15. The van der Waals surface area contributed by atoms with Crippen LogP contribution in [0.2, 0.25) is 0 Å². The second kappa shape index (κ2) is 7.56. The molecule has 140 valence electrons. The largest absolute Gasteiger partial charge is 0.395 e. The maximum atomic E-state index is 12.5. The fraction of sp³-hybridized carbons (Fsp3) is 0.412. The summed E-state index contributed by atoms with van der Waals surface area (Å²) in [4.78, 5) is 24.9. The van der Waals surface area contributed by atoms with Gasteiger partial charge in [0, 0.05) is 17.8 Å². The molecule has 1 aromatic rings. The minimum Gasteiger partial charge on any atom is -0.395 e. The number of rotatable bonds is 7. The molecule has 1 aromatic carbocycles. The first-order chi connectivity index (χ1) is 12.4. The second-order valence-corrected chi connectivity index (χ2v) is 8.05.